The van der Waals surface area contributed by atoms with E-state index in [0.29, 0.717) is 40.0 Å². The Bertz CT molecular complexity index is 1210. The Morgan fingerprint density at radius 1 is 1.07 bits per heavy atom. The van der Waals surface area contributed by atoms with Crippen LogP contribution in [-0.2, 0) is 4.79 Å². The Balaban J connectivity index is 1.16. The lowest BCUT2D eigenvalue weighted by Crippen LogP contribution is -2.36. The molecule has 3 fully saturated rings. The summed E-state index contributed by atoms with van der Waals surface area (Å²) in [5.74, 6) is 2.34. The van der Waals surface area contributed by atoms with Crippen LogP contribution in [0.2, 0.25) is 5.02 Å². The molecule has 2 aromatic rings. The first-order valence-corrected chi connectivity index (χ1v) is 15.8. The van der Waals surface area contributed by atoms with Gasteiger partial charge in [0.25, 0.3) is 0 Å². The van der Waals surface area contributed by atoms with Gasteiger partial charge in [-0.05, 0) is 43.9 Å². The minimum Gasteiger partial charge on any atom is -0.495 e. The number of thioether (sulfide) groups is 1. The third kappa shape index (κ3) is 8.19. The SMILES string of the molecule is COc1ccc(Nc2nc(NNC(=O)CCCCC3SCC4NC(=O)NC43)nc(NC3CCCCCC3)n2)cc1Cl. The number of ether oxygens (including phenoxy) is 1. The number of hydrogen-bond acceptors (Lipinski definition) is 10. The third-order valence-corrected chi connectivity index (χ3v) is 9.43. The molecule has 1 saturated carbocycles. The Hall–Kier alpha value is -3.19. The van der Waals surface area contributed by atoms with E-state index in [4.69, 9.17) is 16.3 Å². The van der Waals surface area contributed by atoms with Crippen molar-refractivity contribution in [3.63, 3.8) is 0 Å². The largest absolute Gasteiger partial charge is 0.495 e. The standard InChI is InChI=1S/C27H38ClN9O3S/c1-40-20-13-12-17(14-18(20)28)30-25-33-24(29-16-8-4-2-3-5-9-16)34-26(35-25)37-36-22(38)11-7-6-10-21-23-19(15-41-21)31-27(39)32-23/h12-14,16,19,21,23H,2-11,15H2,1H3,(H,36,38)(H2,31,32,39)(H3,29,30,33,34,35,37). The number of hydrazine groups is 1. The van der Waals surface area contributed by atoms with Gasteiger partial charge in [0.2, 0.25) is 23.8 Å². The Morgan fingerprint density at radius 3 is 2.63 bits per heavy atom. The van der Waals surface area contributed by atoms with Crippen molar-refractivity contribution in [3.05, 3.63) is 23.2 Å². The monoisotopic (exact) mass is 603 g/mol. The zero-order valence-corrected chi connectivity index (χ0v) is 24.7. The average molecular weight is 604 g/mol. The Labute approximate surface area is 249 Å². The molecule has 1 aromatic carbocycles. The number of hydrogen-bond donors (Lipinski definition) is 6. The van der Waals surface area contributed by atoms with Crippen LogP contribution >= 0.6 is 23.4 Å². The van der Waals surface area contributed by atoms with Crippen LogP contribution in [0.5, 0.6) is 5.75 Å². The van der Waals surface area contributed by atoms with Crippen LogP contribution in [0.1, 0.15) is 64.2 Å². The molecule has 12 nitrogen and oxygen atoms in total. The Morgan fingerprint density at radius 2 is 1.85 bits per heavy atom. The number of rotatable bonds is 12. The summed E-state index contributed by atoms with van der Waals surface area (Å²) in [5, 5.41) is 13.5. The summed E-state index contributed by atoms with van der Waals surface area (Å²) >= 11 is 8.18. The molecule has 6 N–H and O–H groups in total. The second-order valence-corrected chi connectivity index (χ2v) is 12.3. The van der Waals surface area contributed by atoms with Crippen molar-refractivity contribution in [3.8, 4) is 5.75 Å². The lowest BCUT2D eigenvalue weighted by Gasteiger charge is -2.18. The minimum absolute atomic E-state index is 0.0761. The maximum Gasteiger partial charge on any atom is 0.315 e. The normalized spacial score (nSPS) is 22.2. The van der Waals surface area contributed by atoms with Crippen molar-refractivity contribution >= 4 is 58.8 Å². The molecule has 1 aliphatic carbocycles. The zero-order valence-electron chi connectivity index (χ0n) is 23.2. The maximum absolute atomic E-state index is 12.6. The highest BCUT2D eigenvalue weighted by molar-refractivity contribution is 8.00. The van der Waals surface area contributed by atoms with Gasteiger partial charge in [-0.3, -0.25) is 15.6 Å². The number of nitrogens with zero attached hydrogens (tertiary/aromatic N) is 3. The quantitative estimate of drug-likeness (QED) is 0.0879. The fourth-order valence-corrected chi connectivity index (χ4v) is 7.30. The van der Waals surface area contributed by atoms with Crippen molar-refractivity contribution in [2.75, 3.05) is 28.9 Å². The molecule has 2 aliphatic heterocycles. The molecule has 3 unspecified atom stereocenters. The number of aromatic nitrogens is 3. The van der Waals surface area contributed by atoms with Crippen molar-refractivity contribution in [2.24, 2.45) is 0 Å². The predicted octanol–water partition coefficient (Wildman–Crippen LogP) is 4.58. The zero-order chi connectivity index (χ0) is 28.6. The second-order valence-electron chi connectivity index (χ2n) is 10.7. The molecular formula is C27H38ClN9O3S. The molecule has 3 atom stereocenters. The Kier molecular flexibility index (Phi) is 10.1. The van der Waals surface area contributed by atoms with Gasteiger partial charge in [-0.1, -0.05) is 43.7 Å². The second kappa shape index (κ2) is 14.1. The number of benzene rings is 1. The highest BCUT2D eigenvalue weighted by Crippen LogP contribution is 2.33. The molecule has 1 aromatic heterocycles. The maximum atomic E-state index is 12.6. The van der Waals surface area contributed by atoms with E-state index in [1.165, 1.54) is 25.7 Å². The molecule has 5 rings (SSSR count). The van der Waals surface area contributed by atoms with E-state index in [-0.39, 0.29) is 36.0 Å². The average Bonchev–Trinajstić information content (AvgIpc) is 3.39. The molecule has 222 valence electrons. The van der Waals surface area contributed by atoms with Gasteiger partial charge in [0.05, 0.1) is 24.2 Å². The van der Waals surface area contributed by atoms with E-state index >= 15 is 0 Å². The lowest BCUT2D eigenvalue weighted by molar-refractivity contribution is -0.120. The third-order valence-electron chi connectivity index (χ3n) is 7.63. The van der Waals surface area contributed by atoms with Crippen LogP contribution in [0.15, 0.2) is 18.2 Å². The van der Waals surface area contributed by atoms with E-state index < -0.39 is 0 Å². The molecule has 0 bridgehead atoms. The number of halogens is 1. The number of anilines is 4. The minimum atomic E-state index is -0.145. The number of methoxy groups -OCH3 is 1. The molecule has 3 heterocycles. The van der Waals surface area contributed by atoms with Crippen molar-refractivity contribution < 1.29 is 14.3 Å². The summed E-state index contributed by atoms with van der Waals surface area (Å²) in [7, 11) is 1.56. The van der Waals surface area contributed by atoms with Gasteiger partial charge in [0.15, 0.2) is 0 Å². The van der Waals surface area contributed by atoms with Crippen molar-refractivity contribution in [2.45, 2.75) is 87.6 Å². The van der Waals surface area contributed by atoms with E-state index in [1.54, 1.807) is 19.2 Å². The summed E-state index contributed by atoms with van der Waals surface area (Å²) in [5.41, 5.74) is 6.27. The van der Waals surface area contributed by atoms with E-state index in [0.717, 1.165) is 37.9 Å². The molecule has 3 aliphatic rings. The van der Waals surface area contributed by atoms with Gasteiger partial charge in [-0.15, -0.1) is 0 Å². The van der Waals surface area contributed by atoms with Gasteiger partial charge >= 0.3 is 6.03 Å². The van der Waals surface area contributed by atoms with Gasteiger partial charge < -0.3 is 26.0 Å². The summed E-state index contributed by atoms with van der Waals surface area (Å²) in [6.07, 6.45) is 9.94. The molecule has 0 spiro atoms. The highest BCUT2D eigenvalue weighted by Gasteiger charge is 2.42. The smallest absolute Gasteiger partial charge is 0.315 e. The number of amides is 3. The van der Waals surface area contributed by atoms with E-state index in [1.807, 2.05) is 17.8 Å². The lowest BCUT2D eigenvalue weighted by atomic mass is 10.0. The van der Waals surface area contributed by atoms with Crippen LogP contribution in [0.25, 0.3) is 0 Å². The van der Waals surface area contributed by atoms with Crippen molar-refractivity contribution in [1.82, 2.24) is 31.0 Å². The summed E-state index contributed by atoms with van der Waals surface area (Å²) < 4.78 is 5.24. The number of carbonyl (C=O) groups is 2. The number of unbranched alkanes of at least 4 members (excludes halogenated alkanes) is 1. The number of fused-ring (bicyclic) bond motifs is 1. The molecular weight excluding hydrogens is 566 g/mol. The first kappa shape index (κ1) is 29.3. The fraction of sp³-hybridized carbons (Fsp3) is 0.593. The predicted molar refractivity (Wildman–Crippen MR) is 162 cm³/mol. The van der Waals surface area contributed by atoms with Crippen LogP contribution in [0, 0.1) is 0 Å². The van der Waals surface area contributed by atoms with Crippen LogP contribution in [0.3, 0.4) is 0 Å². The fourth-order valence-electron chi connectivity index (χ4n) is 5.49. The first-order chi connectivity index (χ1) is 20.0. The van der Waals surface area contributed by atoms with Crippen LogP contribution < -0.4 is 36.9 Å². The van der Waals surface area contributed by atoms with Gasteiger partial charge in [0, 0.05) is 29.2 Å². The first-order valence-electron chi connectivity index (χ1n) is 14.3. The molecule has 3 amide bonds. The van der Waals surface area contributed by atoms with Gasteiger partial charge in [0.1, 0.15) is 5.75 Å². The molecule has 41 heavy (non-hydrogen) atoms. The van der Waals surface area contributed by atoms with E-state index in [2.05, 4.69) is 47.1 Å². The van der Waals surface area contributed by atoms with Gasteiger partial charge in [-0.25, -0.2) is 4.79 Å². The molecule has 14 heteroatoms. The summed E-state index contributed by atoms with van der Waals surface area (Å²) in [4.78, 5) is 37.7. The number of carbonyl (C=O) groups excluding carboxylic acids is 2. The number of urea groups is 1. The van der Waals surface area contributed by atoms with Gasteiger partial charge in [-0.2, -0.15) is 26.7 Å². The van der Waals surface area contributed by atoms with Crippen LogP contribution in [0.4, 0.5) is 28.3 Å². The molecule has 2 saturated heterocycles. The number of nitrogens with one attached hydrogen (secondary N) is 6. The van der Waals surface area contributed by atoms with Crippen LogP contribution in [-0.4, -0.2) is 63.1 Å². The van der Waals surface area contributed by atoms with Crippen molar-refractivity contribution in [1.29, 1.82) is 0 Å². The topological polar surface area (TPSA) is 154 Å². The summed E-state index contributed by atoms with van der Waals surface area (Å²) in [6.45, 7) is 0. The summed E-state index contributed by atoms with van der Waals surface area (Å²) in [6, 6.07) is 5.93. The highest BCUT2D eigenvalue weighted by atomic mass is 35.5. The van der Waals surface area contributed by atoms with E-state index in [9.17, 15) is 9.59 Å². The molecule has 0 radical (unpaired) electrons.